The summed E-state index contributed by atoms with van der Waals surface area (Å²) in [6, 6.07) is 0. The lowest BCUT2D eigenvalue weighted by molar-refractivity contribution is -0.291. The van der Waals surface area contributed by atoms with Gasteiger partial charge in [-0.3, -0.25) is 0 Å². The van der Waals surface area contributed by atoms with Gasteiger partial charge in [-0.05, 0) is 13.3 Å². The van der Waals surface area contributed by atoms with Gasteiger partial charge in [0.15, 0.2) is 0 Å². The minimum Gasteiger partial charge on any atom is -0.237 e. The van der Waals surface area contributed by atoms with E-state index in [2.05, 4.69) is 11.8 Å². The molecule has 0 aliphatic rings. The van der Waals surface area contributed by atoms with Crippen LogP contribution in [0.5, 0.6) is 0 Å². The third-order valence-electron chi connectivity index (χ3n) is 1.03. The minimum atomic E-state index is 0. The highest BCUT2D eigenvalue weighted by Gasteiger charge is 1.85. The first-order valence-electron chi connectivity index (χ1n) is 3.66. The topological polar surface area (TPSA) is 18.5 Å². The normalized spacial score (nSPS) is 6.00. The van der Waals surface area contributed by atoms with Gasteiger partial charge in [0.1, 0.15) is 0 Å². The highest BCUT2D eigenvalue weighted by atomic mass is 17.2. The molecule has 0 N–H and O–H groups in total. The van der Waals surface area contributed by atoms with Crippen LogP contribution in [-0.2, 0) is 9.78 Å². The van der Waals surface area contributed by atoms with Crippen molar-refractivity contribution in [2.24, 2.45) is 0 Å². The number of hydrogen-bond acceptors (Lipinski definition) is 2. The summed E-state index contributed by atoms with van der Waals surface area (Å²) < 4.78 is 0. The van der Waals surface area contributed by atoms with E-state index in [0.717, 1.165) is 13.0 Å². The number of hydrogen-bond donors (Lipinski definition) is 0. The summed E-state index contributed by atoms with van der Waals surface area (Å²) in [6.07, 6.45) is 3.57. The molecule has 0 aliphatic carbocycles. The van der Waals surface area contributed by atoms with E-state index in [0.29, 0.717) is 6.61 Å². The molecule has 0 fully saturated rings. The van der Waals surface area contributed by atoms with Crippen molar-refractivity contribution in [1.29, 1.82) is 0 Å². The first-order valence-corrected chi connectivity index (χ1v) is 3.66. The molecule has 104 valence electrons. The zero-order chi connectivity index (χ0) is 6.95. The highest BCUT2D eigenvalue weighted by Crippen LogP contribution is 1.93. The van der Waals surface area contributed by atoms with Crippen LogP contribution in [0.15, 0.2) is 0 Å². The van der Waals surface area contributed by atoms with Crippen LogP contribution < -0.4 is 0 Å². The van der Waals surface area contributed by atoms with Crippen LogP contribution >= 0.6 is 0 Å². The van der Waals surface area contributed by atoms with E-state index < -0.39 is 0 Å². The highest BCUT2D eigenvalue weighted by molar-refractivity contribution is 4.32. The maximum absolute atomic E-state index is 4.78. The molecule has 0 aromatic rings. The Bertz CT molecular complexity index is 41.8. The molecule has 0 saturated heterocycles. The molecule has 0 spiro atoms. The molecule has 0 saturated carbocycles. The van der Waals surface area contributed by atoms with Crippen LogP contribution in [0.25, 0.3) is 0 Å². The number of unbranched alkanes of at least 4 members (excludes halogenated alkanes) is 2. The van der Waals surface area contributed by atoms with E-state index in [-0.39, 0.29) is 44.6 Å². The van der Waals surface area contributed by atoms with E-state index >= 15 is 0 Å². The second-order valence-corrected chi connectivity index (χ2v) is 1.94. The van der Waals surface area contributed by atoms with Crippen molar-refractivity contribution in [1.82, 2.24) is 0 Å². The van der Waals surface area contributed by atoms with Gasteiger partial charge in [0.05, 0.1) is 13.2 Å². The van der Waals surface area contributed by atoms with Crippen molar-refractivity contribution in [3.63, 3.8) is 0 Å². The summed E-state index contributed by atoms with van der Waals surface area (Å²) in [6.45, 7) is 5.47. The van der Waals surface area contributed by atoms with Crippen LogP contribution in [-0.4, -0.2) is 13.2 Å². The fourth-order valence-electron chi connectivity index (χ4n) is 0.553. The summed E-state index contributed by atoms with van der Waals surface area (Å²) in [7, 11) is 0. The van der Waals surface area contributed by atoms with Gasteiger partial charge in [0.2, 0.25) is 0 Å². The first kappa shape index (κ1) is 46.1. The molecule has 0 rings (SSSR count). The maximum Gasteiger partial charge on any atom is 0.0822 e. The predicted molar refractivity (Wildman–Crippen MR) is 77.5 cm³/mol. The van der Waals surface area contributed by atoms with Crippen LogP contribution in [0.1, 0.15) is 77.7 Å². The monoisotopic (exact) mass is 228 g/mol. The van der Waals surface area contributed by atoms with E-state index in [1.807, 2.05) is 6.92 Å². The Morgan fingerprint density at radius 3 is 1.47 bits per heavy atom. The van der Waals surface area contributed by atoms with Gasteiger partial charge >= 0.3 is 0 Å². The fraction of sp³-hybridized carbons (Fsp3) is 1.00. The third kappa shape index (κ3) is 56.4. The molecule has 0 radical (unpaired) electrons. The molecule has 2 heteroatoms. The summed E-state index contributed by atoms with van der Waals surface area (Å²) in [4.78, 5) is 9.46. The molecule has 0 amide bonds. The van der Waals surface area contributed by atoms with Crippen molar-refractivity contribution < 1.29 is 9.78 Å². The average Bonchev–Trinajstić information content (AvgIpc) is 1.89. The summed E-state index contributed by atoms with van der Waals surface area (Å²) in [5.74, 6) is 0. The van der Waals surface area contributed by atoms with Gasteiger partial charge in [-0.15, -0.1) is 0 Å². The predicted octanol–water partition coefficient (Wildman–Crippen LogP) is 5.96. The van der Waals surface area contributed by atoms with Crippen LogP contribution in [0.3, 0.4) is 0 Å². The van der Waals surface area contributed by atoms with Crippen LogP contribution in [0, 0.1) is 0 Å². The van der Waals surface area contributed by atoms with Gasteiger partial charge in [0.25, 0.3) is 0 Å². The van der Waals surface area contributed by atoms with E-state index in [9.17, 15) is 0 Å². The average molecular weight is 228 g/mol. The lowest BCUT2D eigenvalue weighted by Crippen LogP contribution is -1.95. The lowest BCUT2D eigenvalue weighted by atomic mass is 10.3. The van der Waals surface area contributed by atoms with Crippen molar-refractivity contribution in [3.05, 3.63) is 0 Å². The SMILES string of the molecule is C.C.C.C.C.C.CCCCCOOCC. The molecule has 0 heterocycles. The Kier molecular flexibility index (Phi) is 149. The molecule has 0 atom stereocenters. The van der Waals surface area contributed by atoms with Crippen LogP contribution in [0.2, 0.25) is 0 Å². The van der Waals surface area contributed by atoms with Crippen molar-refractivity contribution in [3.8, 4) is 0 Å². The molecule has 0 aromatic heterocycles. The molecule has 0 unspecified atom stereocenters. The third-order valence-corrected chi connectivity index (χ3v) is 1.03. The van der Waals surface area contributed by atoms with Crippen molar-refractivity contribution in [2.75, 3.05) is 13.2 Å². The second kappa shape index (κ2) is 48.5. The van der Waals surface area contributed by atoms with Crippen molar-refractivity contribution in [2.45, 2.75) is 77.7 Å². The lowest BCUT2D eigenvalue weighted by Gasteiger charge is -1.98. The van der Waals surface area contributed by atoms with E-state index in [4.69, 9.17) is 4.89 Å². The van der Waals surface area contributed by atoms with E-state index in [1.54, 1.807) is 0 Å². The van der Waals surface area contributed by atoms with Gasteiger partial charge in [0, 0.05) is 0 Å². The summed E-state index contributed by atoms with van der Waals surface area (Å²) >= 11 is 0. The Hall–Kier alpha value is -0.0800. The molecule has 0 aromatic carbocycles. The summed E-state index contributed by atoms with van der Waals surface area (Å²) in [5, 5.41) is 0. The van der Waals surface area contributed by atoms with Gasteiger partial charge < -0.3 is 0 Å². The van der Waals surface area contributed by atoms with Gasteiger partial charge in [-0.25, -0.2) is 9.78 Å². The fourth-order valence-corrected chi connectivity index (χ4v) is 0.553. The van der Waals surface area contributed by atoms with Gasteiger partial charge in [-0.1, -0.05) is 64.3 Å². The van der Waals surface area contributed by atoms with Crippen molar-refractivity contribution >= 4 is 0 Å². The molecular formula is C13H40O2. The molecule has 0 bridgehead atoms. The van der Waals surface area contributed by atoms with E-state index in [1.165, 1.54) is 12.8 Å². The quantitative estimate of drug-likeness (QED) is 0.317. The summed E-state index contributed by atoms with van der Waals surface area (Å²) in [5.41, 5.74) is 0. The second-order valence-electron chi connectivity index (χ2n) is 1.94. The molecule has 2 nitrogen and oxygen atoms in total. The molecular weight excluding hydrogens is 188 g/mol. The zero-order valence-electron chi connectivity index (χ0n) is 6.35. The van der Waals surface area contributed by atoms with Gasteiger partial charge in [-0.2, -0.15) is 0 Å². The minimum absolute atomic E-state index is 0. The smallest absolute Gasteiger partial charge is 0.0822 e. The Morgan fingerprint density at radius 1 is 0.667 bits per heavy atom. The Labute approximate surface area is 101 Å². The molecule has 0 aliphatic heterocycles. The Balaban J connectivity index is -0.0000000213. The maximum atomic E-state index is 4.78. The first-order chi connectivity index (χ1) is 4.41. The largest absolute Gasteiger partial charge is 0.237 e. The standard InChI is InChI=1S/C7H16O2.6CH4/c1-3-5-6-7-9-8-4-2;;;;;;/h3-7H2,1-2H3;6*1H4. The molecule has 15 heavy (non-hydrogen) atoms. The zero-order valence-corrected chi connectivity index (χ0v) is 6.35. The Morgan fingerprint density at radius 2 is 1.13 bits per heavy atom. The van der Waals surface area contributed by atoms with Crippen LogP contribution in [0.4, 0.5) is 0 Å². The number of rotatable bonds is 6.